The number of aromatic amines is 1. The highest BCUT2D eigenvalue weighted by Crippen LogP contribution is 2.48. The van der Waals surface area contributed by atoms with Crippen LogP contribution in [0.2, 0.25) is 5.02 Å². The zero-order valence-corrected chi connectivity index (χ0v) is 17.9. The summed E-state index contributed by atoms with van der Waals surface area (Å²) >= 11 is 6.59. The summed E-state index contributed by atoms with van der Waals surface area (Å²) in [5, 5.41) is 1.75. The number of nitrogens with zero attached hydrogens (tertiary/aromatic N) is 2. The van der Waals surface area contributed by atoms with Gasteiger partial charge < -0.3 is 14.8 Å². The van der Waals surface area contributed by atoms with E-state index >= 15 is 0 Å². The lowest BCUT2D eigenvalue weighted by molar-refractivity contribution is -0.166. The number of hydrogen-bond donors (Lipinski definition) is 1. The fourth-order valence-electron chi connectivity index (χ4n) is 5.16. The molecular weight excluding hydrogens is 398 g/mol. The smallest absolute Gasteiger partial charge is 0.254 e. The Morgan fingerprint density at radius 3 is 2.63 bits per heavy atom. The second-order valence-corrected chi connectivity index (χ2v) is 8.74. The van der Waals surface area contributed by atoms with Gasteiger partial charge in [0.25, 0.3) is 5.91 Å². The summed E-state index contributed by atoms with van der Waals surface area (Å²) in [6.45, 7) is 5.05. The third-order valence-electron chi connectivity index (χ3n) is 6.59. The minimum absolute atomic E-state index is 0.0191. The van der Waals surface area contributed by atoms with Crippen molar-refractivity contribution in [2.45, 2.75) is 31.7 Å². The molecule has 5 rings (SSSR count). The van der Waals surface area contributed by atoms with Gasteiger partial charge in [-0.2, -0.15) is 0 Å². The maximum absolute atomic E-state index is 13.7. The van der Waals surface area contributed by atoms with E-state index in [-0.39, 0.29) is 24.3 Å². The summed E-state index contributed by atoms with van der Waals surface area (Å²) in [7, 11) is 0. The molecule has 1 saturated heterocycles. The van der Waals surface area contributed by atoms with Crippen molar-refractivity contribution in [3.05, 3.63) is 70.4 Å². The average molecular weight is 422 g/mol. The van der Waals surface area contributed by atoms with Crippen LogP contribution < -0.4 is 0 Å². The minimum atomic E-state index is -1.05. The van der Waals surface area contributed by atoms with E-state index < -0.39 is 5.54 Å². The van der Waals surface area contributed by atoms with E-state index in [0.29, 0.717) is 18.1 Å². The van der Waals surface area contributed by atoms with Gasteiger partial charge in [0.15, 0.2) is 5.54 Å². The van der Waals surface area contributed by atoms with Crippen LogP contribution in [0.1, 0.15) is 43.0 Å². The van der Waals surface area contributed by atoms with Crippen molar-refractivity contribution < 1.29 is 9.59 Å². The van der Waals surface area contributed by atoms with Crippen molar-refractivity contribution in [3.8, 4) is 0 Å². The van der Waals surface area contributed by atoms with E-state index in [1.54, 1.807) is 9.80 Å². The number of aromatic nitrogens is 1. The lowest BCUT2D eigenvalue weighted by atomic mass is 9.76. The van der Waals surface area contributed by atoms with Crippen LogP contribution in [0.15, 0.2) is 48.5 Å². The number of halogens is 1. The normalized spacial score (nSPS) is 23.6. The Kier molecular flexibility index (Phi) is 4.40. The largest absolute Gasteiger partial charge is 0.356 e. The maximum Gasteiger partial charge on any atom is 0.254 e. The molecule has 1 fully saturated rings. The van der Waals surface area contributed by atoms with Crippen molar-refractivity contribution in [1.82, 2.24) is 14.8 Å². The molecule has 0 spiro atoms. The summed E-state index contributed by atoms with van der Waals surface area (Å²) in [6.07, 6.45) is 0.816. The van der Waals surface area contributed by atoms with Crippen molar-refractivity contribution in [2.75, 3.05) is 19.6 Å². The molecule has 2 amide bonds. The number of H-pyrrole nitrogens is 1. The minimum Gasteiger partial charge on any atom is -0.356 e. The van der Waals surface area contributed by atoms with Gasteiger partial charge >= 0.3 is 0 Å². The van der Waals surface area contributed by atoms with Crippen LogP contribution in [0.3, 0.4) is 0 Å². The van der Waals surface area contributed by atoms with Gasteiger partial charge in [0.05, 0.1) is 12.2 Å². The molecule has 0 bridgehead atoms. The first-order valence-electron chi connectivity index (χ1n) is 10.4. The molecule has 1 aromatic heterocycles. The molecule has 3 aromatic rings. The van der Waals surface area contributed by atoms with Gasteiger partial charge in [-0.3, -0.25) is 9.59 Å². The van der Waals surface area contributed by atoms with Gasteiger partial charge in [-0.15, -0.1) is 0 Å². The van der Waals surface area contributed by atoms with Crippen LogP contribution >= 0.6 is 11.6 Å². The Morgan fingerprint density at radius 2 is 1.87 bits per heavy atom. The summed E-state index contributed by atoms with van der Waals surface area (Å²) in [6, 6.07) is 15.9. The van der Waals surface area contributed by atoms with Crippen LogP contribution in [0.5, 0.6) is 0 Å². The predicted molar refractivity (Wildman–Crippen MR) is 118 cm³/mol. The summed E-state index contributed by atoms with van der Waals surface area (Å²) < 4.78 is 0. The number of carbonyl (C=O) groups is 2. The standard InChI is InChI=1S/C24H24ClN3O2/c1-3-12-27-14-20(29)28-13-17(15-8-4-6-10-18(15)25)21-16-9-5-7-11-19(16)26-22(21)24(28,2)23(27)30/h4-11,17,26H,3,12-14H2,1-2H3/t17?,24-/m0/s1. The quantitative estimate of drug-likeness (QED) is 0.686. The van der Waals surface area contributed by atoms with Gasteiger partial charge in [0.1, 0.15) is 0 Å². The third kappa shape index (κ3) is 2.54. The number of benzene rings is 2. The SMILES string of the molecule is CCCN1CC(=O)N2CC(c3ccccc3Cl)c3c([nH]c4ccccc34)[C@@]2(C)C1=O. The van der Waals surface area contributed by atoms with Crippen LogP contribution in [-0.4, -0.2) is 46.2 Å². The third-order valence-corrected chi connectivity index (χ3v) is 6.94. The Bertz CT molecular complexity index is 1170. The van der Waals surface area contributed by atoms with Gasteiger partial charge in [0.2, 0.25) is 5.91 Å². The van der Waals surface area contributed by atoms with Gasteiger partial charge in [-0.1, -0.05) is 54.9 Å². The zero-order valence-electron chi connectivity index (χ0n) is 17.1. The van der Waals surface area contributed by atoms with E-state index in [1.165, 1.54) is 0 Å². The number of piperazine rings is 1. The average Bonchev–Trinajstić information content (AvgIpc) is 3.14. The summed E-state index contributed by atoms with van der Waals surface area (Å²) in [5.74, 6) is -0.145. The van der Waals surface area contributed by atoms with Crippen LogP contribution in [0.4, 0.5) is 0 Å². The van der Waals surface area contributed by atoms with E-state index in [9.17, 15) is 9.59 Å². The highest BCUT2D eigenvalue weighted by atomic mass is 35.5. The molecule has 0 saturated carbocycles. The first-order chi connectivity index (χ1) is 14.5. The van der Waals surface area contributed by atoms with E-state index in [1.807, 2.05) is 56.3 Å². The Hall–Kier alpha value is -2.79. The Labute approximate surface area is 180 Å². The highest BCUT2D eigenvalue weighted by Gasteiger charge is 2.56. The number of rotatable bonds is 3. The van der Waals surface area contributed by atoms with Gasteiger partial charge in [-0.25, -0.2) is 0 Å². The van der Waals surface area contributed by atoms with Crippen LogP contribution in [0, 0.1) is 0 Å². The van der Waals surface area contributed by atoms with Crippen molar-refractivity contribution >= 4 is 34.3 Å². The van der Waals surface area contributed by atoms with E-state index in [0.717, 1.165) is 34.1 Å². The molecule has 30 heavy (non-hydrogen) atoms. The maximum atomic E-state index is 13.7. The zero-order chi connectivity index (χ0) is 21.0. The number of para-hydroxylation sites is 1. The fraction of sp³-hybridized carbons (Fsp3) is 0.333. The molecule has 2 aliphatic heterocycles. The topological polar surface area (TPSA) is 56.4 Å². The molecule has 154 valence electrons. The Morgan fingerprint density at radius 1 is 1.13 bits per heavy atom. The molecule has 1 N–H and O–H groups in total. The van der Waals surface area contributed by atoms with Crippen molar-refractivity contribution in [2.24, 2.45) is 0 Å². The molecule has 2 atom stereocenters. The molecular formula is C24H24ClN3O2. The fourth-order valence-corrected chi connectivity index (χ4v) is 5.43. The van der Waals surface area contributed by atoms with Crippen LogP contribution in [0.25, 0.3) is 10.9 Å². The number of nitrogens with one attached hydrogen (secondary N) is 1. The van der Waals surface area contributed by atoms with Crippen molar-refractivity contribution in [1.29, 1.82) is 0 Å². The molecule has 1 unspecified atom stereocenters. The van der Waals surface area contributed by atoms with Crippen molar-refractivity contribution in [3.63, 3.8) is 0 Å². The lowest BCUT2D eigenvalue weighted by Gasteiger charge is -2.51. The summed E-state index contributed by atoms with van der Waals surface area (Å²) in [5.41, 5.74) is 2.77. The van der Waals surface area contributed by atoms with Gasteiger partial charge in [-0.05, 0) is 36.6 Å². The first-order valence-corrected chi connectivity index (χ1v) is 10.8. The monoisotopic (exact) mass is 421 g/mol. The second-order valence-electron chi connectivity index (χ2n) is 8.34. The molecule has 2 aliphatic rings. The predicted octanol–water partition coefficient (Wildman–Crippen LogP) is 4.26. The molecule has 2 aromatic carbocycles. The highest BCUT2D eigenvalue weighted by molar-refractivity contribution is 6.31. The number of hydrogen-bond acceptors (Lipinski definition) is 2. The molecule has 5 nitrogen and oxygen atoms in total. The Balaban J connectivity index is 1.78. The van der Waals surface area contributed by atoms with E-state index in [4.69, 9.17) is 11.6 Å². The number of amides is 2. The lowest BCUT2D eigenvalue weighted by Crippen LogP contribution is -2.67. The molecule has 6 heteroatoms. The molecule has 3 heterocycles. The number of fused-ring (bicyclic) bond motifs is 5. The summed E-state index contributed by atoms with van der Waals surface area (Å²) in [4.78, 5) is 33.8. The van der Waals surface area contributed by atoms with Gasteiger partial charge in [0, 0.05) is 34.9 Å². The second kappa shape index (κ2) is 6.88. The molecule has 0 aliphatic carbocycles. The number of carbonyl (C=O) groups excluding carboxylic acids is 2. The molecule has 0 radical (unpaired) electrons. The van der Waals surface area contributed by atoms with Crippen LogP contribution in [-0.2, 0) is 15.1 Å². The van der Waals surface area contributed by atoms with E-state index in [2.05, 4.69) is 11.1 Å². The first kappa shape index (κ1) is 19.2.